The monoisotopic (exact) mass is 481 g/mol. The van der Waals surface area contributed by atoms with Crippen molar-refractivity contribution in [3.8, 4) is 0 Å². The predicted molar refractivity (Wildman–Crippen MR) is 140 cm³/mol. The molecule has 1 aromatic heterocycles. The minimum Gasteiger partial charge on any atom is -0.396 e. The van der Waals surface area contributed by atoms with Crippen LogP contribution < -0.4 is 10.9 Å². The van der Waals surface area contributed by atoms with Crippen LogP contribution in [-0.4, -0.2) is 46.2 Å². The number of aliphatic hydroxyl groups excluding tert-OH is 1. The first-order valence-corrected chi connectivity index (χ1v) is 12.7. The highest BCUT2D eigenvalue weighted by molar-refractivity contribution is 5.81. The second-order valence-corrected chi connectivity index (χ2v) is 10.3. The van der Waals surface area contributed by atoms with Gasteiger partial charge in [-0.05, 0) is 54.8 Å². The summed E-state index contributed by atoms with van der Waals surface area (Å²) in [5.74, 6) is -0.667. The Morgan fingerprint density at radius 2 is 1.69 bits per heavy atom. The van der Waals surface area contributed by atoms with Crippen molar-refractivity contribution in [3.05, 3.63) is 105 Å². The van der Waals surface area contributed by atoms with Crippen molar-refractivity contribution in [1.29, 1.82) is 0 Å². The van der Waals surface area contributed by atoms with Gasteiger partial charge in [-0.25, -0.2) is 0 Å². The highest BCUT2D eigenvalue weighted by Crippen LogP contribution is 2.47. The van der Waals surface area contributed by atoms with E-state index >= 15 is 0 Å². The molecular formula is C30H31N3O3. The van der Waals surface area contributed by atoms with Gasteiger partial charge in [0.25, 0.3) is 5.56 Å². The minimum atomic E-state index is -0.410. The van der Waals surface area contributed by atoms with Crippen LogP contribution in [0.4, 0.5) is 0 Å². The molecule has 2 aliphatic heterocycles. The molecule has 0 spiro atoms. The maximum atomic E-state index is 13.7. The number of pyridine rings is 1. The molecule has 1 aliphatic carbocycles. The number of rotatable bonds is 5. The van der Waals surface area contributed by atoms with Crippen LogP contribution in [0.25, 0.3) is 12.2 Å². The van der Waals surface area contributed by atoms with Crippen LogP contribution >= 0.6 is 0 Å². The van der Waals surface area contributed by atoms with Gasteiger partial charge in [0.1, 0.15) is 0 Å². The predicted octanol–water partition coefficient (Wildman–Crippen LogP) is 2.90. The Kier molecular flexibility index (Phi) is 5.86. The quantitative estimate of drug-likeness (QED) is 0.588. The number of benzene rings is 2. The molecular weight excluding hydrogens is 450 g/mol. The molecule has 3 aromatic rings. The summed E-state index contributed by atoms with van der Waals surface area (Å²) in [6.07, 6.45) is 5.46. The number of carbonyl (C=O) groups excluding carboxylic acids is 1. The molecule has 1 amide bonds. The first-order valence-electron chi connectivity index (χ1n) is 12.7. The van der Waals surface area contributed by atoms with Gasteiger partial charge in [0.15, 0.2) is 0 Å². The number of fused-ring (bicyclic) bond motifs is 5. The van der Waals surface area contributed by atoms with Crippen LogP contribution in [0.2, 0.25) is 0 Å². The molecule has 4 atom stereocenters. The highest BCUT2D eigenvalue weighted by Gasteiger charge is 2.54. The van der Waals surface area contributed by atoms with E-state index in [9.17, 15) is 14.7 Å². The van der Waals surface area contributed by atoms with Gasteiger partial charge in [-0.15, -0.1) is 0 Å². The molecule has 184 valence electrons. The maximum Gasteiger partial charge on any atom is 0.258 e. The first kappa shape index (κ1) is 23.0. The van der Waals surface area contributed by atoms with E-state index in [1.807, 2.05) is 78.4 Å². The SMILES string of the molecule is CN1[C@@H]2Cn3c(ccc(C=Cc4ccccc4)c3=O)[C@H]1[C@@H](C(=O)NC1Cc3ccccc3C1)[C@@H]2CO. The molecule has 0 unspecified atom stereocenters. The Bertz CT molecular complexity index is 1350. The molecule has 2 aromatic carbocycles. The van der Waals surface area contributed by atoms with Gasteiger partial charge >= 0.3 is 0 Å². The van der Waals surface area contributed by atoms with Crippen molar-refractivity contribution in [3.63, 3.8) is 0 Å². The lowest BCUT2D eigenvalue weighted by Gasteiger charge is -2.35. The summed E-state index contributed by atoms with van der Waals surface area (Å²) in [4.78, 5) is 29.3. The average molecular weight is 482 g/mol. The summed E-state index contributed by atoms with van der Waals surface area (Å²) < 4.78 is 1.82. The number of hydrogen-bond acceptors (Lipinski definition) is 4. The smallest absolute Gasteiger partial charge is 0.258 e. The summed E-state index contributed by atoms with van der Waals surface area (Å²) in [5, 5.41) is 13.6. The molecule has 36 heavy (non-hydrogen) atoms. The second kappa shape index (κ2) is 9.19. The fourth-order valence-corrected chi connectivity index (χ4v) is 6.54. The Morgan fingerprint density at radius 3 is 2.39 bits per heavy atom. The standard InChI is InChI=1S/C30H31N3O3/c1-32-26-17-33-25(14-13-20(30(33)36)12-11-19-7-3-2-4-8-19)28(32)27(24(26)18-34)29(35)31-23-15-21-9-5-6-10-22(21)16-23/h2-14,23-24,26-28,34H,15-18H2,1H3,(H,31,35)/t24-,26-,27+,28+/m1/s1. The molecule has 0 saturated carbocycles. The van der Waals surface area contributed by atoms with Crippen molar-refractivity contribution in [1.82, 2.24) is 14.8 Å². The number of aromatic nitrogens is 1. The summed E-state index contributed by atoms with van der Waals surface area (Å²) in [6.45, 7) is 0.385. The molecule has 1 fully saturated rings. The van der Waals surface area contributed by atoms with Crippen LogP contribution in [0.3, 0.4) is 0 Å². The van der Waals surface area contributed by atoms with E-state index in [1.165, 1.54) is 11.1 Å². The third-order valence-corrected chi connectivity index (χ3v) is 8.33. The molecule has 3 heterocycles. The van der Waals surface area contributed by atoms with Crippen molar-refractivity contribution in [2.24, 2.45) is 11.8 Å². The van der Waals surface area contributed by atoms with Crippen LogP contribution in [0.5, 0.6) is 0 Å². The van der Waals surface area contributed by atoms with Gasteiger partial charge in [0.05, 0.1) is 12.0 Å². The maximum absolute atomic E-state index is 13.7. The van der Waals surface area contributed by atoms with Gasteiger partial charge in [-0.1, -0.05) is 60.7 Å². The van der Waals surface area contributed by atoms with Crippen LogP contribution in [0, 0.1) is 11.8 Å². The largest absolute Gasteiger partial charge is 0.396 e. The van der Waals surface area contributed by atoms with Crippen molar-refractivity contribution in [2.45, 2.75) is 37.5 Å². The van der Waals surface area contributed by atoms with E-state index in [0.29, 0.717) is 12.1 Å². The lowest BCUT2D eigenvalue weighted by atomic mass is 9.86. The van der Waals surface area contributed by atoms with E-state index in [0.717, 1.165) is 24.1 Å². The normalized spacial score (nSPS) is 25.2. The van der Waals surface area contributed by atoms with Gasteiger partial charge in [0.2, 0.25) is 5.91 Å². The molecule has 2 bridgehead atoms. The highest BCUT2D eigenvalue weighted by atomic mass is 16.3. The number of nitrogens with one attached hydrogen (secondary N) is 1. The molecule has 6 heteroatoms. The molecule has 6 nitrogen and oxygen atoms in total. The fourth-order valence-electron chi connectivity index (χ4n) is 6.54. The Labute approximate surface area is 210 Å². The first-order chi connectivity index (χ1) is 17.5. The summed E-state index contributed by atoms with van der Waals surface area (Å²) in [6, 6.07) is 21.8. The Morgan fingerprint density at radius 1 is 1.00 bits per heavy atom. The Hall–Kier alpha value is -3.48. The van der Waals surface area contributed by atoms with E-state index < -0.39 is 5.92 Å². The van der Waals surface area contributed by atoms with Crippen LogP contribution in [-0.2, 0) is 24.2 Å². The minimum absolute atomic E-state index is 0.0276. The zero-order chi connectivity index (χ0) is 24.8. The van der Waals surface area contributed by atoms with Crippen LogP contribution in [0.1, 0.15) is 34.0 Å². The molecule has 6 rings (SSSR count). The summed E-state index contributed by atoms with van der Waals surface area (Å²) in [5.41, 5.74) is 5.03. The number of aliphatic hydroxyl groups is 1. The molecule has 0 radical (unpaired) electrons. The summed E-state index contributed by atoms with van der Waals surface area (Å²) in [7, 11) is 2.01. The summed E-state index contributed by atoms with van der Waals surface area (Å²) >= 11 is 0. The van der Waals surface area contributed by atoms with Crippen molar-refractivity contribution >= 4 is 18.1 Å². The van der Waals surface area contributed by atoms with Gasteiger partial charge < -0.3 is 15.0 Å². The van der Waals surface area contributed by atoms with Gasteiger partial charge in [0, 0.05) is 42.4 Å². The number of nitrogens with zero attached hydrogens (tertiary/aromatic N) is 2. The third-order valence-electron chi connectivity index (χ3n) is 8.33. The molecule has 1 saturated heterocycles. The topological polar surface area (TPSA) is 74.6 Å². The van der Waals surface area contributed by atoms with Gasteiger partial charge in [-0.2, -0.15) is 0 Å². The van der Waals surface area contributed by atoms with Crippen molar-refractivity contribution in [2.75, 3.05) is 13.7 Å². The second-order valence-electron chi connectivity index (χ2n) is 10.3. The van der Waals surface area contributed by atoms with Crippen molar-refractivity contribution < 1.29 is 9.90 Å². The Balaban J connectivity index is 1.28. The number of likely N-dealkylation sites (N-methyl/N-ethyl adjacent to an activating group) is 1. The van der Waals surface area contributed by atoms with Gasteiger partial charge in [-0.3, -0.25) is 14.5 Å². The number of amides is 1. The van der Waals surface area contributed by atoms with E-state index in [4.69, 9.17) is 0 Å². The average Bonchev–Trinajstić information content (AvgIpc) is 3.37. The fraction of sp³-hybridized carbons (Fsp3) is 0.333. The number of carbonyl (C=O) groups is 1. The van der Waals surface area contributed by atoms with E-state index in [2.05, 4.69) is 22.3 Å². The third kappa shape index (κ3) is 3.81. The van der Waals surface area contributed by atoms with E-state index in [-0.39, 0.29) is 42.1 Å². The zero-order valence-corrected chi connectivity index (χ0v) is 20.4. The van der Waals surface area contributed by atoms with Crippen LogP contribution in [0.15, 0.2) is 71.5 Å². The lowest BCUT2D eigenvalue weighted by Crippen LogP contribution is -2.45. The van der Waals surface area contributed by atoms with E-state index in [1.54, 1.807) is 0 Å². The molecule has 2 N–H and O–H groups in total. The zero-order valence-electron chi connectivity index (χ0n) is 20.4. The molecule has 3 aliphatic rings. The number of hydrogen-bond donors (Lipinski definition) is 2. The lowest BCUT2D eigenvalue weighted by molar-refractivity contribution is -0.128.